The number of carbonyl (C=O) groups excluding carboxylic acids is 3. The van der Waals surface area contributed by atoms with Crippen molar-refractivity contribution in [1.82, 2.24) is 10.6 Å². The van der Waals surface area contributed by atoms with E-state index in [-0.39, 0.29) is 30.7 Å². The van der Waals surface area contributed by atoms with E-state index in [2.05, 4.69) is 16.7 Å². The van der Waals surface area contributed by atoms with Crippen LogP contribution >= 0.6 is 0 Å². The van der Waals surface area contributed by atoms with E-state index in [0.29, 0.717) is 44.5 Å². The number of benzene rings is 2. The average molecular weight is 629 g/mol. The van der Waals surface area contributed by atoms with Gasteiger partial charge in [0, 0.05) is 78.1 Å². The standard InChI is InChI=1S/C28H35NO6.C7H17NO2/c1-19(31)10-11-20-12-13-22-24(17-20)25(18-35-28(33)29-2)21-7-5-8-23(27(21)22)26(32)9-6-16-34-15-4-3-14-30;1-8-4-7-10-6-3-5-9-2/h5,7-8,12-13,17,25,30H,3-4,6,9-11,14-16,18H2,1-2H3,(H,29,33);8H,3-7H2,1-2H3. The van der Waals surface area contributed by atoms with E-state index in [9.17, 15) is 14.4 Å². The Labute approximate surface area is 268 Å². The molecule has 0 aliphatic heterocycles. The number of hydrogen-bond donors (Lipinski definition) is 3. The summed E-state index contributed by atoms with van der Waals surface area (Å²) in [6.45, 7) is 6.31. The van der Waals surface area contributed by atoms with E-state index in [1.165, 1.54) is 7.05 Å². The number of aliphatic hydroxyl groups is 1. The first-order valence-electron chi connectivity index (χ1n) is 15.9. The number of methoxy groups -OCH3 is 1. The van der Waals surface area contributed by atoms with E-state index in [4.69, 9.17) is 24.1 Å². The highest BCUT2D eigenvalue weighted by molar-refractivity contribution is 6.04. The van der Waals surface area contributed by atoms with E-state index in [0.717, 1.165) is 73.4 Å². The van der Waals surface area contributed by atoms with Crippen LogP contribution in [-0.2, 0) is 30.2 Å². The molecule has 1 atom stereocenters. The summed E-state index contributed by atoms with van der Waals surface area (Å²) in [5, 5.41) is 14.3. The number of nitrogens with one attached hydrogen (secondary N) is 2. The van der Waals surface area contributed by atoms with Gasteiger partial charge >= 0.3 is 6.09 Å². The Morgan fingerprint density at radius 3 is 2.33 bits per heavy atom. The van der Waals surface area contributed by atoms with Crippen LogP contribution in [0.2, 0.25) is 0 Å². The zero-order chi connectivity index (χ0) is 32.9. The lowest BCUT2D eigenvalue weighted by Gasteiger charge is -2.15. The van der Waals surface area contributed by atoms with Crippen LogP contribution in [0.15, 0.2) is 36.4 Å². The molecule has 1 amide bonds. The highest BCUT2D eigenvalue weighted by atomic mass is 16.5. The van der Waals surface area contributed by atoms with Crippen LogP contribution in [0.25, 0.3) is 11.1 Å². The molecule has 1 unspecified atom stereocenters. The Balaban J connectivity index is 0.000000607. The quantitative estimate of drug-likeness (QED) is 0.133. The number of unbranched alkanes of at least 4 members (excludes halogenated alkanes) is 1. The minimum absolute atomic E-state index is 0.0558. The van der Waals surface area contributed by atoms with Crippen LogP contribution in [0.5, 0.6) is 0 Å². The number of carbonyl (C=O) groups is 3. The Morgan fingerprint density at radius 2 is 1.62 bits per heavy atom. The van der Waals surface area contributed by atoms with Gasteiger partial charge in [0.1, 0.15) is 12.4 Å². The molecular weight excluding hydrogens is 576 g/mol. The van der Waals surface area contributed by atoms with Gasteiger partial charge in [-0.25, -0.2) is 4.79 Å². The fourth-order valence-corrected chi connectivity index (χ4v) is 5.04. The van der Waals surface area contributed by atoms with Gasteiger partial charge in [0.05, 0.1) is 6.61 Å². The van der Waals surface area contributed by atoms with E-state index in [1.54, 1.807) is 14.0 Å². The molecule has 1 aliphatic rings. The van der Waals surface area contributed by atoms with E-state index < -0.39 is 6.09 Å². The van der Waals surface area contributed by atoms with E-state index in [1.807, 2.05) is 37.4 Å². The van der Waals surface area contributed by atoms with Crippen molar-refractivity contribution < 1.29 is 38.4 Å². The van der Waals surface area contributed by atoms with Crippen LogP contribution in [0.3, 0.4) is 0 Å². The largest absolute Gasteiger partial charge is 0.449 e. The average Bonchev–Trinajstić information content (AvgIpc) is 3.36. The third kappa shape index (κ3) is 13.4. The number of amides is 1. The molecule has 0 aromatic heterocycles. The number of aryl methyl sites for hydroxylation is 1. The lowest BCUT2D eigenvalue weighted by atomic mass is 9.93. The molecule has 0 heterocycles. The van der Waals surface area contributed by atoms with Crippen LogP contribution in [0.1, 0.15) is 78.4 Å². The monoisotopic (exact) mass is 628 g/mol. The molecule has 0 bridgehead atoms. The zero-order valence-corrected chi connectivity index (χ0v) is 27.5. The van der Waals surface area contributed by atoms with E-state index >= 15 is 0 Å². The lowest BCUT2D eigenvalue weighted by Crippen LogP contribution is -2.22. The number of hydrogen-bond acceptors (Lipinski definition) is 9. The van der Waals surface area contributed by atoms with Crippen molar-refractivity contribution in [3.05, 3.63) is 58.7 Å². The van der Waals surface area contributed by atoms with Gasteiger partial charge in [-0.15, -0.1) is 0 Å². The first-order chi connectivity index (χ1) is 21.9. The molecule has 10 heteroatoms. The Bertz CT molecular complexity index is 1180. The number of aliphatic hydroxyl groups excluding tert-OH is 1. The fourth-order valence-electron chi connectivity index (χ4n) is 5.04. The third-order valence-electron chi connectivity index (χ3n) is 7.41. The molecule has 2 aromatic carbocycles. The number of fused-ring (bicyclic) bond motifs is 3. The second kappa shape index (κ2) is 22.4. The summed E-state index contributed by atoms with van der Waals surface area (Å²) in [5.41, 5.74) is 5.57. The van der Waals surface area contributed by atoms with Crippen molar-refractivity contribution >= 4 is 17.7 Å². The van der Waals surface area contributed by atoms with Gasteiger partial charge in [-0.05, 0) is 73.9 Å². The van der Waals surface area contributed by atoms with Crippen molar-refractivity contribution in [2.45, 2.75) is 57.8 Å². The molecule has 3 N–H and O–H groups in total. The third-order valence-corrected chi connectivity index (χ3v) is 7.41. The highest BCUT2D eigenvalue weighted by Crippen LogP contribution is 2.47. The molecule has 45 heavy (non-hydrogen) atoms. The molecule has 0 saturated heterocycles. The first kappa shape index (κ1) is 38.0. The van der Waals surface area contributed by atoms with Gasteiger partial charge in [-0.1, -0.05) is 36.4 Å². The maximum Gasteiger partial charge on any atom is 0.406 e. The van der Waals surface area contributed by atoms with Gasteiger partial charge < -0.3 is 39.5 Å². The number of alkyl carbamates (subject to hydrolysis) is 1. The van der Waals surface area contributed by atoms with Gasteiger partial charge in [-0.2, -0.15) is 0 Å². The van der Waals surface area contributed by atoms with Crippen LogP contribution in [0.4, 0.5) is 4.79 Å². The molecule has 250 valence electrons. The second-order valence-electron chi connectivity index (χ2n) is 10.9. The number of ether oxygens (including phenoxy) is 4. The minimum Gasteiger partial charge on any atom is -0.449 e. The molecule has 0 saturated carbocycles. The summed E-state index contributed by atoms with van der Waals surface area (Å²) in [6, 6.07) is 11.8. The lowest BCUT2D eigenvalue weighted by molar-refractivity contribution is -0.116. The first-order valence-corrected chi connectivity index (χ1v) is 15.9. The summed E-state index contributed by atoms with van der Waals surface area (Å²) >= 11 is 0. The molecule has 0 radical (unpaired) electrons. The second-order valence-corrected chi connectivity index (χ2v) is 10.9. The van der Waals surface area contributed by atoms with Gasteiger partial charge in [0.25, 0.3) is 0 Å². The molecular formula is C35H52N2O8. The molecule has 2 aromatic rings. The summed E-state index contributed by atoms with van der Waals surface area (Å²) < 4.78 is 21.1. The maximum atomic E-state index is 13.2. The number of Topliss-reactive ketones (excluding diaryl/α,β-unsaturated/α-hetero) is 2. The Morgan fingerprint density at radius 1 is 0.867 bits per heavy atom. The topological polar surface area (TPSA) is 132 Å². The summed E-state index contributed by atoms with van der Waals surface area (Å²) in [6.07, 6.45) is 4.13. The van der Waals surface area contributed by atoms with Crippen molar-refractivity contribution in [2.75, 3.05) is 74.0 Å². The van der Waals surface area contributed by atoms with Crippen molar-refractivity contribution in [2.24, 2.45) is 0 Å². The summed E-state index contributed by atoms with van der Waals surface area (Å²) in [5.74, 6) is 0.0102. The zero-order valence-electron chi connectivity index (χ0n) is 27.5. The maximum absolute atomic E-state index is 13.2. The minimum atomic E-state index is -0.501. The Kier molecular flexibility index (Phi) is 18.9. The normalized spacial score (nSPS) is 13.0. The molecule has 3 rings (SSSR count). The Hall–Kier alpha value is -3.15. The summed E-state index contributed by atoms with van der Waals surface area (Å²) in [4.78, 5) is 36.5. The summed E-state index contributed by atoms with van der Waals surface area (Å²) in [7, 11) is 5.14. The molecule has 10 nitrogen and oxygen atoms in total. The van der Waals surface area contributed by atoms with Crippen molar-refractivity contribution in [1.29, 1.82) is 0 Å². The number of rotatable bonds is 21. The molecule has 1 aliphatic carbocycles. The fraction of sp³-hybridized carbons (Fsp3) is 0.571. The van der Waals surface area contributed by atoms with Crippen molar-refractivity contribution in [3.63, 3.8) is 0 Å². The van der Waals surface area contributed by atoms with Crippen LogP contribution < -0.4 is 10.6 Å². The van der Waals surface area contributed by atoms with Crippen molar-refractivity contribution in [3.8, 4) is 11.1 Å². The van der Waals surface area contributed by atoms with Crippen LogP contribution in [0, 0.1) is 0 Å². The smallest absolute Gasteiger partial charge is 0.406 e. The molecule has 0 spiro atoms. The van der Waals surface area contributed by atoms with Gasteiger partial charge in [0.2, 0.25) is 0 Å². The predicted octanol–water partition coefficient (Wildman–Crippen LogP) is 4.69. The number of ketones is 2. The van der Waals surface area contributed by atoms with Gasteiger partial charge in [-0.3, -0.25) is 4.79 Å². The highest BCUT2D eigenvalue weighted by Gasteiger charge is 2.33. The SMILES string of the molecule is CNC(=O)OCC1c2cc(CCC(C)=O)ccc2-c2c(C(=O)CCCOCCCCO)cccc21.CNCCOCCCOC. The van der Waals surface area contributed by atoms with Crippen LogP contribution in [-0.4, -0.2) is 96.8 Å². The van der Waals surface area contributed by atoms with Gasteiger partial charge in [0.15, 0.2) is 5.78 Å². The predicted molar refractivity (Wildman–Crippen MR) is 175 cm³/mol. The molecule has 0 fully saturated rings. The number of likely N-dealkylation sites (N-methyl/N-ethyl adjacent to an activating group) is 1.